The number of anilines is 1. The van der Waals surface area contributed by atoms with Gasteiger partial charge in [0, 0.05) is 11.6 Å². The van der Waals surface area contributed by atoms with E-state index in [1.165, 1.54) is 17.5 Å². The zero-order valence-corrected chi connectivity index (χ0v) is 15.9. The van der Waals surface area contributed by atoms with Crippen LogP contribution in [0.3, 0.4) is 0 Å². The van der Waals surface area contributed by atoms with Crippen molar-refractivity contribution in [2.24, 2.45) is 5.14 Å². The molecule has 2 heterocycles. The predicted octanol–water partition coefficient (Wildman–Crippen LogP) is 0.873. The minimum Gasteiger partial charge on any atom is -0.497 e. The first-order valence-corrected chi connectivity index (χ1v) is 11.0. The third-order valence-corrected chi connectivity index (χ3v) is 8.81. The Balaban J connectivity index is 2.18. The van der Waals surface area contributed by atoms with Crippen molar-refractivity contribution in [2.45, 2.75) is 14.5 Å². The Morgan fingerprint density at radius 2 is 2.08 bits per heavy atom. The van der Waals surface area contributed by atoms with Crippen LogP contribution in [-0.2, 0) is 20.0 Å². The number of nitrogens with zero attached hydrogens (tertiary/aromatic N) is 1. The van der Waals surface area contributed by atoms with Gasteiger partial charge in [-0.2, -0.15) is 0 Å². The highest BCUT2D eigenvalue weighted by Crippen LogP contribution is 2.41. The van der Waals surface area contributed by atoms with Gasteiger partial charge in [-0.15, -0.1) is 11.3 Å². The summed E-state index contributed by atoms with van der Waals surface area (Å²) in [5.74, 6) is 0.524. The molecule has 0 spiro atoms. The summed E-state index contributed by atoms with van der Waals surface area (Å²) in [6.07, 6.45) is 0. The average molecular weight is 404 g/mol. The third-order valence-electron chi connectivity index (χ3n) is 3.92. The van der Waals surface area contributed by atoms with Crippen LogP contribution in [0, 0.1) is 0 Å². The predicted molar refractivity (Wildman–Crippen MR) is 95.0 cm³/mol. The van der Waals surface area contributed by atoms with E-state index in [-0.39, 0.29) is 21.0 Å². The smallest absolute Gasteiger partial charge is 0.274 e. The van der Waals surface area contributed by atoms with E-state index in [0.29, 0.717) is 28.3 Å². The topological polar surface area (TPSA) is 119 Å². The van der Waals surface area contributed by atoms with Gasteiger partial charge in [0.1, 0.15) is 14.2 Å². The molecule has 0 saturated heterocycles. The van der Waals surface area contributed by atoms with E-state index in [1.807, 2.05) is 0 Å². The van der Waals surface area contributed by atoms with Gasteiger partial charge in [0.15, 0.2) is 0 Å². The molecule has 1 aliphatic heterocycles. The lowest BCUT2D eigenvalue weighted by Gasteiger charge is -2.33. The van der Waals surface area contributed by atoms with Crippen molar-refractivity contribution in [3.8, 4) is 5.75 Å². The van der Waals surface area contributed by atoms with Crippen molar-refractivity contribution in [3.63, 3.8) is 0 Å². The lowest BCUT2D eigenvalue weighted by molar-refractivity contribution is 0.415. The van der Waals surface area contributed by atoms with E-state index in [0.717, 1.165) is 0 Å². The van der Waals surface area contributed by atoms with Gasteiger partial charge < -0.3 is 10.1 Å². The number of fused-ring (bicyclic) bond motifs is 1. The maximum atomic E-state index is 13.0. The van der Waals surface area contributed by atoms with Crippen molar-refractivity contribution in [1.82, 2.24) is 5.32 Å². The highest BCUT2D eigenvalue weighted by Gasteiger charge is 2.39. The fourth-order valence-corrected chi connectivity index (χ4v) is 6.92. The van der Waals surface area contributed by atoms with E-state index in [9.17, 15) is 16.8 Å². The second kappa shape index (κ2) is 6.25. The van der Waals surface area contributed by atoms with Gasteiger partial charge in [0.25, 0.3) is 10.0 Å². The molecule has 1 atom stereocenters. The molecule has 1 aromatic carbocycles. The van der Waals surface area contributed by atoms with Crippen LogP contribution in [0.4, 0.5) is 5.69 Å². The first kappa shape index (κ1) is 18.1. The summed E-state index contributed by atoms with van der Waals surface area (Å²) in [6.45, 7) is 0.125. The number of nitrogens with one attached hydrogen (secondary N) is 1. The van der Waals surface area contributed by atoms with E-state index >= 15 is 0 Å². The van der Waals surface area contributed by atoms with Gasteiger partial charge in [0.05, 0.1) is 25.4 Å². The Hall–Kier alpha value is -1.66. The summed E-state index contributed by atoms with van der Waals surface area (Å²) in [6, 6.07) is 7.65. The zero-order chi connectivity index (χ0) is 18.4. The average Bonchev–Trinajstić information content (AvgIpc) is 3.02. The van der Waals surface area contributed by atoms with Crippen LogP contribution in [0.15, 0.2) is 38.8 Å². The molecule has 1 unspecified atom stereocenters. The minimum absolute atomic E-state index is 0.0232. The fourth-order valence-electron chi connectivity index (χ4n) is 2.67. The molecule has 136 valence electrons. The van der Waals surface area contributed by atoms with Crippen LogP contribution >= 0.6 is 11.3 Å². The van der Waals surface area contributed by atoms with E-state index in [2.05, 4.69) is 5.32 Å². The number of thiophene rings is 1. The highest BCUT2D eigenvalue weighted by molar-refractivity contribution is 7.96. The Labute approximate surface area is 150 Å². The molecule has 3 N–H and O–H groups in total. The van der Waals surface area contributed by atoms with Crippen molar-refractivity contribution in [1.29, 1.82) is 0 Å². The number of hydrogen-bond donors (Lipinski definition) is 2. The summed E-state index contributed by atoms with van der Waals surface area (Å²) in [5.41, 5.74) is 0.853. The van der Waals surface area contributed by atoms with E-state index in [4.69, 9.17) is 9.88 Å². The molecule has 11 heteroatoms. The number of hydrogen-bond acceptors (Lipinski definition) is 7. The lowest BCUT2D eigenvalue weighted by Crippen LogP contribution is -2.42. The molecule has 2 aromatic rings. The molecule has 1 aliphatic rings. The van der Waals surface area contributed by atoms with E-state index < -0.39 is 20.0 Å². The fraction of sp³-hybridized carbons (Fsp3) is 0.286. The number of nitrogens with two attached hydrogens (primary N) is 1. The molecule has 0 bridgehead atoms. The van der Waals surface area contributed by atoms with Crippen LogP contribution in [0.1, 0.15) is 11.6 Å². The quantitative estimate of drug-likeness (QED) is 0.782. The summed E-state index contributed by atoms with van der Waals surface area (Å²) >= 11 is 0.663. The number of ether oxygens (including phenoxy) is 1. The van der Waals surface area contributed by atoms with E-state index in [1.54, 1.807) is 31.3 Å². The largest absolute Gasteiger partial charge is 0.497 e. The van der Waals surface area contributed by atoms with Crippen molar-refractivity contribution in [3.05, 3.63) is 35.9 Å². The normalized spacial score (nSPS) is 19.5. The second-order valence-corrected chi connectivity index (χ2v) is 10.3. The summed E-state index contributed by atoms with van der Waals surface area (Å²) in [7, 11) is -4.71. The highest BCUT2D eigenvalue weighted by atomic mass is 32.3. The van der Waals surface area contributed by atoms with Crippen LogP contribution in [-0.4, -0.2) is 37.5 Å². The molecule has 1 aromatic heterocycles. The summed E-state index contributed by atoms with van der Waals surface area (Å²) < 4.78 is 55.5. The van der Waals surface area contributed by atoms with Gasteiger partial charge in [-0.1, -0.05) is 6.07 Å². The Morgan fingerprint density at radius 1 is 1.36 bits per heavy atom. The van der Waals surface area contributed by atoms with Gasteiger partial charge >= 0.3 is 0 Å². The summed E-state index contributed by atoms with van der Waals surface area (Å²) in [4.78, 5) is 0. The van der Waals surface area contributed by atoms with Gasteiger partial charge in [-0.3, -0.25) is 4.31 Å². The number of sulfonamides is 2. The molecule has 0 amide bonds. The zero-order valence-electron chi connectivity index (χ0n) is 13.5. The standard InChI is InChI=1S/C14H17N3O5S3/c1-16-12-8-17(9-4-3-5-10(6-9)22-2)25(20,21)14-11(12)7-13(23-14)24(15,18)19/h3-7,12,16H,8H2,1-2H3,(H2,15,18,19). The molecule has 0 fully saturated rings. The Bertz CT molecular complexity index is 1010. The van der Waals surface area contributed by atoms with Crippen LogP contribution in [0.5, 0.6) is 5.75 Å². The molecule has 8 nitrogen and oxygen atoms in total. The van der Waals surface area contributed by atoms with Crippen molar-refractivity contribution >= 4 is 37.1 Å². The number of rotatable bonds is 4. The number of likely N-dealkylation sites (N-methyl/N-ethyl adjacent to an activating group) is 1. The van der Waals surface area contributed by atoms with Crippen molar-refractivity contribution < 1.29 is 21.6 Å². The van der Waals surface area contributed by atoms with Gasteiger partial charge in [-0.25, -0.2) is 22.0 Å². The monoisotopic (exact) mass is 403 g/mol. The van der Waals surface area contributed by atoms with Crippen LogP contribution in [0.25, 0.3) is 0 Å². The summed E-state index contributed by atoms with van der Waals surface area (Å²) in [5, 5.41) is 8.19. The Kier molecular flexibility index (Phi) is 4.54. The lowest BCUT2D eigenvalue weighted by atomic mass is 10.1. The third kappa shape index (κ3) is 3.13. The second-order valence-electron chi connectivity index (χ2n) is 5.43. The number of benzene rings is 1. The molecule has 0 radical (unpaired) electrons. The maximum absolute atomic E-state index is 13.0. The molecular weight excluding hydrogens is 386 g/mol. The number of methoxy groups -OCH3 is 1. The first-order chi connectivity index (χ1) is 11.7. The SMILES string of the molecule is CNC1CN(c2cccc(OC)c2)S(=O)(=O)c2sc(S(N)(=O)=O)cc21. The number of primary sulfonamides is 1. The van der Waals surface area contributed by atoms with Crippen LogP contribution < -0.4 is 19.5 Å². The van der Waals surface area contributed by atoms with Gasteiger partial charge in [0.2, 0.25) is 10.0 Å². The molecule has 0 saturated carbocycles. The molecule has 25 heavy (non-hydrogen) atoms. The maximum Gasteiger partial charge on any atom is 0.274 e. The Morgan fingerprint density at radius 3 is 2.68 bits per heavy atom. The van der Waals surface area contributed by atoms with Gasteiger partial charge in [-0.05, 0) is 25.2 Å². The molecule has 3 rings (SSSR count). The first-order valence-electron chi connectivity index (χ1n) is 7.19. The van der Waals surface area contributed by atoms with Crippen LogP contribution in [0.2, 0.25) is 0 Å². The van der Waals surface area contributed by atoms with Crippen molar-refractivity contribution in [2.75, 3.05) is 25.0 Å². The molecular formula is C14H17N3O5S3. The minimum atomic E-state index is -3.98. The molecule has 0 aliphatic carbocycles.